The van der Waals surface area contributed by atoms with Gasteiger partial charge in [-0.3, -0.25) is 9.89 Å². The predicted octanol–water partition coefficient (Wildman–Crippen LogP) is 1.13. The van der Waals surface area contributed by atoms with Crippen LogP contribution in [0.25, 0.3) is 0 Å². The molecule has 0 fully saturated rings. The third-order valence-electron chi connectivity index (χ3n) is 2.86. The first-order valence-electron chi connectivity index (χ1n) is 6.56. The highest BCUT2D eigenvalue weighted by atomic mass is 16.2. The molecule has 6 heteroatoms. The van der Waals surface area contributed by atoms with Gasteiger partial charge in [0.05, 0.1) is 12.2 Å². The van der Waals surface area contributed by atoms with Gasteiger partial charge in [-0.2, -0.15) is 0 Å². The van der Waals surface area contributed by atoms with E-state index in [1.54, 1.807) is 0 Å². The Bertz CT molecular complexity index is 588. The summed E-state index contributed by atoms with van der Waals surface area (Å²) in [5.74, 6) is 0. The fraction of sp³-hybridized carbons (Fsp3) is 0.286. The van der Waals surface area contributed by atoms with Crippen LogP contribution in [0.4, 0.5) is 4.79 Å². The van der Waals surface area contributed by atoms with Crippen LogP contribution in [0.15, 0.2) is 41.2 Å². The maximum absolute atomic E-state index is 11.5. The highest BCUT2D eigenvalue weighted by molar-refractivity contribution is 5.73. The second kappa shape index (κ2) is 7.18. The second-order valence-electron chi connectivity index (χ2n) is 4.48. The lowest BCUT2D eigenvalue weighted by atomic mass is 10.1. The minimum Gasteiger partial charge on any atom is -0.338 e. The molecule has 2 amide bonds. The van der Waals surface area contributed by atoms with E-state index in [-0.39, 0.29) is 11.6 Å². The Morgan fingerprint density at radius 2 is 1.90 bits per heavy atom. The van der Waals surface area contributed by atoms with E-state index in [4.69, 9.17) is 0 Å². The number of hydrogen-bond acceptors (Lipinski definition) is 2. The summed E-state index contributed by atoms with van der Waals surface area (Å²) in [7, 11) is 0. The van der Waals surface area contributed by atoms with E-state index in [9.17, 15) is 9.59 Å². The van der Waals surface area contributed by atoms with E-state index in [0.717, 1.165) is 12.8 Å². The van der Waals surface area contributed by atoms with Gasteiger partial charge in [0.2, 0.25) is 0 Å². The molecule has 1 aromatic carbocycles. The van der Waals surface area contributed by atoms with Crippen LogP contribution >= 0.6 is 0 Å². The lowest BCUT2D eigenvalue weighted by Crippen LogP contribution is -2.35. The molecule has 1 heterocycles. The molecule has 0 aliphatic rings. The first kappa shape index (κ1) is 13.9. The van der Waals surface area contributed by atoms with Crippen LogP contribution in [0.2, 0.25) is 0 Å². The topological polar surface area (TPSA) is 89.8 Å². The quantitative estimate of drug-likeness (QED) is 0.595. The molecular formula is C14H18N4O2. The summed E-state index contributed by atoms with van der Waals surface area (Å²) in [6.07, 6.45) is 1.82. The molecule has 0 atom stereocenters. The van der Waals surface area contributed by atoms with Crippen molar-refractivity contribution >= 4 is 6.03 Å². The molecule has 0 bridgehead atoms. The van der Waals surface area contributed by atoms with Crippen molar-refractivity contribution in [3.63, 3.8) is 0 Å². The van der Waals surface area contributed by atoms with Crippen LogP contribution in [0.5, 0.6) is 0 Å². The summed E-state index contributed by atoms with van der Waals surface area (Å²) in [6, 6.07) is 11.3. The van der Waals surface area contributed by atoms with E-state index in [1.165, 1.54) is 11.6 Å². The van der Waals surface area contributed by atoms with Crippen LogP contribution < -0.4 is 16.2 Å². The van der Waals surface area contributed by atoms with Gasteiger partial charge in [-0.25, -0.2) is 4.79 Å². The van der Waals surface area contributed by atoms with Gasteiger partial charge < -0.3 is 15.7 Å². The number of carbonyl (C=O) groups excluding carboxylic acids is 1. The molecule has 4 N–H and O–H groups in total. The molecule has 0 radical (unpaired) electrons. The third-order valence-corrected chi connectivity index (χ3v) is 2.86. The van der Waals surface area contributed by atoms with Gasteiger partial charge in [0.25, 0.3) is 5.56 Å². The highest BCUT2D eigenvalue weighted by Crippen LogP contribution is 2.01. The number of benzene rings is 1. The lowest BCUT2D eigenvalue weighted by molar-refractivity contribution is 0.240. The lowest BCUT2D eigenvalue weighted by Gasteiger charge is -2.06. The van der Waals surface area contributed by atoms with E-state index in [1.807, 2.05) is 18.2 Å². The minimum atomic E-state index is -0.236. The van der Waals surface area contributed by atoms with E-state index in [2.05, 4.69) is 33.0 Å². The smallest absolute Gasteiger partial charge is 0.315 e. The molecule has 0 aliphatic carbocycles. The standard InChI is InChI=1S/C14H18N4O2/c19-13-9-12(17-18-13)10-16-14(20)15-8-4-7-11-5-2-1-3-6-11/h1-3,5-6,9H,4,7-8,10H2,(H2,15,16,20)(H2,17,18,19). The summed E-state index contributed by atoms with van der Waals surface area (Å²) < 4.78 is 0. The molecule has 0 aliphatic heterocycles. The number of carbonyl (C=O) groups is 1. The SMILES string of the molecule is O=C(NCCCc1ccccc1)NCc1cc(=O)[nH][nH]1. The zero-order valence-electron chi connectivity index (χ0n) is 11.1. The van der Waals surface area contributed by atoms with Crippen LogP contribution in [-0.4, -0.2) is 22.8 Å². The summed E-state index contributed by atoms with van der Waals surface area (Å²) in [5.41, 5.74) is 1.71. The molecule has 6 nitrogen and oxygen atoms in total. The molecule has 2 aromatic rings. The van der Waals surface area contributed by atoms with Crippen molar-refractivity contribution in [2.45, 2.75) is 19.4 Å². The molecule has 1 aromatic heterocycles. The molecule has 0 unspecified atom stereocenters. The first-order chi connectivity index (χ1) is 9.74. The number of amides is 2. The monoisotopic (exact) mass is 274 g/mol. The fourth-order valence-corrected chi connectivity index (χ4v) is 1.84. The fourth-order valence-electron chi connectivity index (χ4n) is 1.84. The number of nitrogens with one attached hydrogen (secondary N) is 4. The van der Waals surface area contributed by atoms with Gasteiger partial charge in [0.15, 0.2) is 0 Å². The Morgan fingerprint density at radius 3 is 2.60 bits per heavy atom. The molecular weight excluding hydrogens is 256 g/mol. The number of aryl methyl sites for hydroxylation is 1. The van der Waals surface area contributed by atoms with E-state index >= 15 is 0 Å². The normalized spacial score (nSPS) is 10.2. The van der Waals surface area contributed by atoms with Crippen molar-refractivity contribution in [1.29, 1.82) is 0 Å². The Labute approximate surface area is 116 Å². The largest absolute Gasteiger partial charge is 0.338 e. The number of aromatic amines is 2. The maximum Gasteiger partial charge on any atom is 0.315 e. The van der Waals surface area contributed by atoms with E-state index < -0.39 is 0 Å². The van der Waals surface area contributed by atoms with Gasteiger partial charge in [-0.05, 0) is 18.4 Å². The minimum absolute atomic E-state index is 0.204. The Balaban J connectivity index is 1.59. The van der Waals surface area contributed by atoms with Gasteiger partial charge >= 0.3 is 6.03 Å². The van der Waals surface area contributed by atoms with Crippen LogP contribution in [0, 0.1) is 0 Å². The van der Waals surface area contributed by atoms with Crippen molar-refractivity contribution in [3.8, 4) is 0 Å². The van der Waals surface area contributed by atoms with Gasteiger partial charge in [0.1, 0.15) is 0 Å². The van der Waals surface area contributed by atoms with Gasteiger partial charge in [-0.1, -0.05) is 30.3 Å². The molecule has 106 valence electrons. The summed E-state index contributed by atoms with van der Waals surface area (Å²) in [5, 5.41) is 10.5. The highest BCUT2D eigenvalue weighted by Gasteiger charge is 2.01. The number of hydrogen-bond donors (Lipinski definition) is 4. The van der Waals surface area contributed by atoms with Crippen LogP contribution in [0.3, 0.4) is 0 Å². The Kier molecular flexibility index (Phi) is 5.00. The average Bonchev–Trinajstić information content (AvgIpc) is 2.88. The predicted molar refractivity (Wildman–Crippen MR) is 76.4 cm³/mol. The van der Waals surface area contributed by atoms with Crippen molar-refractivity contribution in [2.75, 3.05) is 6.54 Å². The average molecular weight is 274 g/mol. The van der Waals surface area contributed by atoms with Crippen molar-refractivity contribution in [1.82, 2.24) is 20.8 Å². The zero-order chi connectivity index (χ0) is 14.2. The number of rotatable bonds is 6. The van der Waals surface area contributed by atoms with Crippen molar-refractivity contribution in [3.05, 3.63) is 58.0 Å². The Hall–Kier alpha value is -2.50. The van der Waals surface area contributed by atoms with Crippen LogP contribution in [-0.2, 0) is 13.0 Å². The first-order valence-corrected chi connectivity index (χ1v) is 6.56. The Morgan fingerprint density at radius 1 is 1.10 bits per heavy atom. The zero-order valence-corrected chi connectivity index (χ0v) is 11.1. The summed E-state index contributed by atoms with van der Waals surface area (Å²) in [4.78, 5) is 22.4. The van der Waals surface area contributed by atoms with E-state index in [0.29, 0.717) is 18.8 Å². The maximum atomic E-state index is 11.5. The van der Waals surface area contributed by atoms with Gasteiger partial charge in [-0.15, -0.1) is 0 Å². The summed E-state index contributed by atoms with van der Waals surface area (Å²) in [6.45, 7) is 0.910. The number of urea groups is 1. The second-order valence-corrected chi connectivity index (χ2v) is 4.48. The van der Waals surface area contributed by atoms with Crippen LogP contribution in [0.1, 0.15) is 17.7 Å². The third kappa shape index (κ3) is 4.64. The number of aromatic nitrogens is 2. The summed E-state index contributed by atoms with van der Waals surface area (Å²) >= 11 is 0. The number of H-pyrrole nitrogens is 2. The van der Waals surface area contributed by atoms with Crippen molar-refractivity contribution < 1.29 is 4.79 Å². The van der Waals surface area contributed by atoms with Gasteiger partial charge in [0, 0.05) is 12.6 Å². The molecule has 0 saturated heterocycles. The van der Waals surface area contributed by atoms with Crippen molar-refractivity contribution in [2.24, 2.45) is 0 Å². The molecule has 20 heavy (non-hydrogen) atoms. The molecule has 0 saturated carbocycles. The molecule has 2 rings (SSSR count). The molecule has 0 spiro atoms.